The molecule has 0 spiro atoms. The smallest absolute Gasteiger partial charge is 0.248 e. The van der Waals surface area contributed by atoms with Crippen LogP contribution in [-0.4, -0.2) is 38.7 Å². The van der Waals surface area contributed by atoms with E-state index in [1.807, 2.05) is 13.0 Å². The van der Waals surface area contributed by atoms with Crippen LogP contribution in [0, 0.1) is 6.92 Å². The Labute approximate surface area is 137 Å². The van der Waals surface area contributed by atoms with Crippen molar-refractivity contribution in [2.24, 2.45) is 0 Å². The minimum Gasteiger partial charge on any atom is -0.458 e. The van der Waals surface area contributed by atoms with Crippen molar-refractivity contribution in [3.05, 3.63) is 17.9 Å². The van der Waals surface area contributed by atoms with E-state index in [0.29, 0.717) is 29.7 Å². The van der Waals surface area contributed by atoms with E-state index in [1.54, 1.807) is 11.0 Å². The van der Waals surface area contributed by atoms with Crippen molar-refractivity contribution in [2.75, 3.05) is 11.9 Å². The molecule has 1 aliphatic heterocycles. The normalized spacial score (nSPS) is 18.0. The molecule has 2 amide bonds. The Morgan fingerprint density at radius 2 is 2.22 bits per heavy atom. The first-order valence-corrected chi connectivity index (χ1v) is 8.30. The zero-order valence-electron chi connectivity index (χ0n) is 13.0. The lowest BCUT2D eigenvalue weighted by atomic mass is 10.0. The molecule has 2 aromatic rings. The molecular weight excluding hydrogens is 316 g/mol. The molecule has 1 fully saturated rings. The van der Waals surface area contributed by atoms with Crippen LogP contribution in [0.4, 0.5) is 5.13 Å². The van der Waals surface area contributed by atoms with Gasteiger partial charge in [0.2, 0.25) is 22.8 Å². The Morgan fingerprint density at radius 1 is 1.39 bits per heavy atom. The van der Waals surface area contributed by atoms with Gasteiger partial charge in [-0.25, -0.2) is 0 Å². The van der Waals surface area contributed by atoms with Crippen molar-refractivity contribution in [1.82, 2.24) is 14.3 Å². The Bertz CT molecular complexity index is 724. The van der Waals surface area contributed by atoms with Crippen LogP contribution in [0.5, 0.6) is 0 Å². The summed E-state index contributed by atoms with van der Waals surface area (Å²) in [6.45, 7) is 3.96. The second kappa shape index (κ2) is 6.49. The highest BCUT2D eigenvalue weighted by atomic mass is 32.1. The lowest BCUT2D eigenvalue weighted by Crippen LogP contribution is -2.49. The largest absolute Gasteiger partial charge is 0.458 e. The van der Waals surface area contributed by atoms with Gasteiger partial charge in [-0.3, -0.25) is 14.9 Å². The number of furan rings is 1. The highest BCUT2D eigenvalue weighted by Crippen LogP contribution is 2.24. The van der Waals surface area contributed by atoms with Gasteiger partial charge < -0.3 is 9.32 Å². The number of piperidine rings is 1. The SMILES string of the molecule is CC(=O)N1CCCC[C@@H]1C(=O)Nc1nc(-c2ccc(C)o2)ns1. The van der Waals surface area contributed by atoms with Crippen LogP contribution in [0.3, 0.4) is 0 Å². The molecular formula is C15H18N4O3S. The van der Waals surface area contributed by atoms with Gasteiger partial charge in [-0.05, 0) is 38.3 Å². The van der Waals surface area contributed by atoms with Crippen molar-refractivity contribution in [2.45, 2.75) is 39.2 Å². The van der Waals surface area contributed by atoms with Gasteiger partial charge >= 0.3 is 0 Å². The molecule has 0 saturated carbocycles. The summed E-state index contributed by atoms with van der Waals surface area (Å²) in [4.78, 5) is 30.0. The van der Waals surface area contributed by atoms with Gasteiger partial charge in [0.1, 0.15) is 11.8 Å². The van der Waals surface area contributed by atoms with Gasteiger partial charge in [-0.2, -0.15) is 9.36 Å². The molecule has 2 aromatic heterocycles. The number of nitrogens with zero attached hydrogens (tertiary/aromatic N) is 3. The Balaban J connectivity index is 1.70. The highest BCUT2D eigenvalue weighted by Gasteiger charge is 2.30. The second-order valence-corrected chi connectivity index (χ2v) is 6.30. The summed E-state index contributed by atoms with van der Waals surface area (Å²) in [6, 6.07) is 3.20. The quantitative estimate of drug-likeness (QED) is 0.931. The molecule has 7 nitrogen and oxygen atoms in total. The molecule has 8 heteroatoms. The van der Waals surface area contributed by atoms with E-state index in [0.717, 1.165) is 30.1 Å². The fourth-order valence-electron chi connectivity index (χ4n) is 2.70. The maximum atomic E-state index is 12.4. The van der Waals surface area contributed by atoms with Gasteiger partial charge in [0.25, 0.3) is 0 Å². The molecule has 122 valence electrons. The molecule has 0 bridgehead atoms. The second-order valence-electron chi connectivity index (χ2n) is 5.55. The zero-order chi connectivity index (χ0) is 16.4. The minimum atomic E-state index is -0.431. The fraction of sp³-hybridized carbons (Fsp3) is 0.467. The molecule has 1 atom stereocenters. The molecule has 0 radical (unpaired) electrons. The number of aromatic nitrogens is 2. The number of carbonyl (C=O) groups is 2. The summed E-state index contributed by atoms with van der Waals surface area (Å²) in [5.41, 5.74) is 0. The fourth-order valence-corrected chi connectivity index (χ4v) is 3.28. The third kappa shape index (κ3) is 3.42. The number of hydrogen-bond acceptors (Lipinski definition) is 6. The monoisotopic (exact) mass is 334 g/mol. The molecule has 1 saturated heterocycles. The Morgan fingerprint density at radius 3 is 2.91 bits per heavy atom. The van der Waals surface area contributed by atoms with Gasteiger partial charge in [-0.1, -0.05) is 0 Å². The average molecular weight is 334 g/mol. The number of carbonyl (C=O) groups excluding carboxylic acids is 2. The lowest BCUT2D eigenvalue weighted by Gasteiger charge is -2.33. The predicted octanol–water partition coefficient (Wildman–Crippen LogP) is 2.45. The third-order valence-electron chi connectivity index (χ3n) is 3.83. The summed E-state index contributed by atoms with van der Waals surface area (Å²) in [5.74, 6) is 1.51. The average Bonchev–Trinajstić information content (AvgIpc) is 3.16. The van der Waals surface area contributed by atoms with Crippen molar-refractivity contribution < 1.29 is 14.0 Å². The van der Waals surface area contributed by atoms with Crippen molar-refractivity contribution >= 4 is 28.5 Å². The molecule has 23 heavy (non-hydrogen) atoms. The van der Waals surface area contributed by atoms with Crippen LogP contribution in [0.1, 0.15) is 31.9 Å². The molecule has 0 aliphatic carbocycles. The lowest BCUT2D eigenvalue weighted by molar-refractivity contribution is -0.138. The van der Waals surface area contributed by atoms with Crippen molar-refractivity contribution in [3.8, 4) is 11.6 Å². The van der Waals surface area contributed by atoms with Crippen LogP contribution in [0.25, 0.3) is 11.6 Å². The van der Waals surface area contributed by atoms with Crippen LogP contribution >= 0.6 is 11.5 Å². The van der Waals surface area contributed by atoms with Gasteiger partial charge in [0, 0.05) is 25.0 Å². The number of amides is 2. The molecule has 3 heterocycles. The summed E-state index contributed by atoms with van der Waals surface area (Å²) >= 11 is 1.10. The van der Waals surface area contributed by atoms with E-state index in [1.165, 1.54) is 6.92 Å². The van der Waals surface area contributed by atoms with E-state index in [4.69, 9.17) is 4.42 Å². The highest BCUT2D eigenvalue weighted by molar-refractivity contribution is 7.10. The topological polar surface area (TPSA) is 88.3 Å². The first-order chi connectivity index (χ1) is 11.0. The van der Waals surface area contributed by atoms with E-state index in [2.05, 4.69) is 14.7 Å². The Kier molecular flexibility index (Phi) is 4.42. The molecule has 1 aliphatic rings. The summed E-state index contributed by atoms with van der Waals surface area (Å²) in [6.07, 6.45) is 2.55. The summed E-state index contributed by atoms with van der Waals surface area (Å²) in [5, 5.41) is 3.17. The van der Waals surface area contributed by atoms with Crippen molar-refractivity contribution in [1.29, 1.82) is 0 Å². The summed E-state index contributed by atoms with van der Waals surface area (Å²) in [7, 11) is 0. The molecule has 1 N–H and O–H groups in total. The first kappa shape index (κ1) is 15.7. The van der Waals surface area contributed by atoms with Gasteiger partial charge in [0.05, 0.1) is 0 Å². The predicted molar refractivity (Wildman–Crippen MR) is 86.0 cm³/mol. The first-order valence-electron chi connectivity index (χ1n) is 7.53. The molecule has 3 rings (SSSR count). The number of likely N-dealkylation sites (tertiary alicyclic amines) is 1. The Hall–Kier alpha value is -2.22. The standard InChI is InChI=1S/C15H18N4O3S/c1-9-6-7-12(22-9)13-16-15(23-18-13)17-14(21)11-5-3-4-8-19(11)10(2)20/h6-7,11H,3-5,8H2,1-2H3,(H,16,17,18,21)/t11-/m1/s1. The van der Waals surface area contributed by atoms with Crippen LogP contribution in [0.15, 0.2) is 16.5 Å². The van der Waals surface area contributed by atoms with Gasteiger partial charge in [0.15, 0.2) is 5.76 Å². The van der Waals surface area contributed by atoms with Crippen molar-refractivity contribution in [3.63, 3.8) is 0 Å². The zero-order valence-corrected chi connectivity index (χ0v) is 13.9. The number of anilines is 1. The van der Waals surface area contributed by atoms with E-state index in [9.17, 15) is 9.59 Å². The van der Waals surface area contributed by atoms with E-state index in [-0.39, 0.29) is 11.8 Å². The summed E-state index contributed by atoms with van der Waals surface area (Å²) < 4.78 is 9.66. The number of hydrogen-bond donors (Lipinski definition) is 1. The molecule has 0 unspecified atom stereocenters. The van der Waals surface area contributed by atoms with E-state index < -0.39 is 6.04 Å². The molecule has 0 aromatic carbocycles. The van der Waals surface area contributed by atoms with Crippen LogP contribution < -0.4 is 5.32 Å². The van der Waals surface area contributed by atoms with E-state index >= 15 is 0 Å². The number of nitrogens with one attached hydrogen (secondary N) is 1. The van der Waals surface area contributed by atoms with Crippen LogP contribution in [0.2, 0.25) is 0 Å². The number of aryl methyl sites for hydroxylation is 1. The van der Waals surface area contributed by atoms with Gasteiger partial charge in [-0.15, -0.1) is 0 Å². The number of rotatable bonds is 3. The maximum absolute atomic E-state index is 12.4. The minimum absolute atomic E-state index is 0.0751. The third-order valence-corrected chi connectivity index (χ3v) is 4.46. The maximum Gasteiger partial charge on any atom is 0.248 e. The van der Waals surface area contributed by atoms with Crippen LogP contribution in [-0.2, 0) is 9.59 Å².